The van der Waals surface area contributed by atoms with Gasteiger partial charge in [0.25, 0.3) is 0 Å². The van der Waals surface area contributed by atoms with Crippen LogP contribution in [0.2, 0.25) is 0 Å². The van der Waals surface area contributed by atoms with E-state index in [1.165, 1.54) is 0 Å². The molecule has 4 heteroatoms. The maximum Gasteiger partial charge on any atom is 3.00 e. The van der Waals surface area contributed by atoms with Gasteiger partial charge in [-0.3, -0.25) is 0 Å². The van der Waals surface area contributed by atoms with Crippen molar-refractivity contribution in [3.8, 4) is 0 Å². The summed E-state index contributed by atoms with van der Waals surface area (Å²) in [6.45, 7) is 0. The predicted molar refractivity (Wildman–Crippen MR) is 15.7 cm³/mol. The molecule has 4 valence electrons. The molecule has 0 rings (SSSR count). The summed E-state index contributed by atoms with van der Waals surface area (Å²) in [5, 5.41) is 0. The molecule has 0 amide bonds. The van der Waals surface area contributed by atoms with Crippen molar-refractivity contribution in [2.24, 2.45) is 0 Å². The molecule has 0 aromatic rings. The monoisotopic (exact) mass is 72.0 g/mol. The van der Waals surface area contributed by atoms with E-state index < -0.39 is 0 Å². The van der Waals surface area contributed by atoms with E-state index >= 15 is 0 Å². The smallest absolute Gasteiger partial charge is 0 e. The van der Waals surface area contributed by atoms with Crippen LogP contribution in [-0.4, -0.2) is 34.7 Å². The van der Waals surface area contributed by atoms with Gasteiger partial charge in [0.05, 0.1) is 0 Å². The topological polar surface area (TPSA) is 0 Å². The van der Waals surface area contributed by atoms with E-state index in [1.54, 1.807) is 0 Å². The summed E-state index contributed by atoms with van der Waals surface area (Å²) < 4.78 is 0. The molecule has 0 atom stereocenters. The van der Waals surface area contributed by atoms with E-state index in [2.05, 4.69) is 0 Å². The fourth-order valence-corrected chi connectivity index (χ4v) is 0. The van der Waals surface area contributed by atoms with Gasteiger partial charge >= 0.3 is 72.4 Å². The first kappa shape index (κ1) is 33.9. The third kappa shape index (κ3) is 8.86. The summed E-state index contributed by atoms with van der Waals surface area (Å²) in [6.07, 6.45) is 0. The van der Waals surface area contributed by atoms with Crippen LogP contribution in [0.25, 0.3) is 0 Å². The van der Waals surface area contributed by atoms with E-state index in [9.17, 15) is 0 Å². The maximum atomic E-state index is 0. The van der Waals surface area contributed by atoms with Crippen LogP contribution in [0.15, 0.2) is 0 Å². The molecule has 0 radical (unpaired) electrons. The van der Waals surface area contributed by atoms with Gasteiger partial charge in [0.1, 0.15) is 0 Å². The normalized spacial score (nSPS) is 0. The first-order valence-electron chi connectivity index (χ1n) is 0. The average Bonchev–Trinajstić information content (AvgIpc) is 0. The zero-order valence-electron chi connectivity index (χ0n) is 3.15. The Morgan fingerprint density at radius 1 is 0.750 bits per heavy atom. The van der Waals surface area contributed by atoms with Crippen molar-refractivity contribution in [2.75, 3.05) is 0 Å². The van der Waals surface area contributed by atoms with Gasteiger partial charge < -0.3 is 0 Å². The molecule has 0 spiro atoms. The third-order valence-corrected chi connectivity index (χ3v) is 0. The molecule has 0 aliphatic rings. The van der Waals surface area contributed by atoms with E-state index in [1.807, 2.05) is 0 Å². The van der Waals surface area contributed by atoms with Crippen LogP contribution in [0.3, 0.4) is 0 Å². The Morgan fingerprint density at radius 2 is 0.750 bits per heavy atom. The van der Waals surface area contributed by atoms with E-state index in [4.69, 9.17) is 0 Å². The van der Waals surface area contributed by atoms with Gasteiger partial charge in [0.15, 0.2) is 0 Å². The Balaban J connectivity index is 0. The third-order valence-electron chi connectivity index (χ3n) is 0. The van der Waals surface area contributed by atoms with Gasteiger partial charge in [0, 0.05) is 2.85 Å². The summed E-state index contributed by atoms with van der Waals surface area (Å²) in [4.78, 5) is 0. The van der Waals surface area contributed by atoms with Crippen molar-refractivity contribution in [2.45, 2.75) is 0 Å². The minimum Gasteiger partial charge on any atom is 0 e. The minimum atomic E-state index is 0. The number of hydrogen-bond acceptors (Lipinski definition) is 0. The summed E-state index contributed by atoms with van der Waals surface area (Å²) in [6, 6.07) is 0. The molecule has 0 saturated heterocycles. The first-order valence-corrected chi connectivity index (χ1v) is 0. The molecule has 0 nitrogen and oxygen atoms in total. The van der Waals surface area contributed by atoms with Gasteiger partial charge in [-0.15, -0.1) is 0 Å². The molecule has 0 N–H and O–H groups in total. The molecule has 0 heterocycles. The van der Waals surface area contributed by atoms with Gasteiger partial charge in [0.2, 0.25) is 0 Å². The molecular weight excluding hydrogens is 67.8 g/mol. The van der Waals surface area contributed by atoms with E-state index in [0.717, 1.165) is 0 Å². The molecular formula is H4Al2Li2+8. The zero-order chi connectivity index (χ0) is 0. The Labute approximate surface area is 74.7 Å². The van der Waals surface area contributed by atoms with Crippen LogP contribution in [-0.2, 0) is 0 Å². The van der Waals surface area contributed by atoms with E-state index in [-0.39, 0.29) is 75.3 Å². The van der Waals surface area contributed by atoms with Gasteiger partial charge in [-0.2, -0.15) is 0 Å². The standard InChI is InChI=1S/2Al.2Li.2H2/h;;;;2*1H/q2*+3;2*+1;;. The summed E-state index contributed by atoms with van der Waals surface area (Å²) >= 11 is 0. The van der Waals surface area contributed by atoms with Crippen molar-refractivity contribution in [1.29, 1.82) is 0 Å². The van der Waals surface area contributed by atoms with Crippen LogP contribution in [0.5, 0.6) is 0 Å². The van der Waals surface area contributed by atoms with Crippen LogP contribution < -0.4 is 37.7 Å². The summed E-state index contributed by atoms with van der Waals surface area (Å²) in [5.74, 6) is 0. The zero-order valence-corrected chi connectivity index (χ0v) is 5.46. The van der Waals surface area contributed by atoms with Crippen LogP contribution >= 0.6 is 0 Å². The molecule has 0 saturated carbocycles. The molecule has 0 bridgehead atoms. The maximum absolute atomic E-state index is 0. The molecule has 0 aromatic heterocycles. The Bertz CT molecular complexity index is 9.51. The number of hydrogen-bond donors (Lipinski definition) is 0. The van der Waals surface area contributed by atoms with Crippen LogP contribution in [0.1, 0.15) is 2.85 Å². The van der Waals surface area contributed by atoms with E-state index in [0.29, 0.717) is 0 Å². The summed E-state index contributed by atoms with van der Waals surface area (Å²) in [5.41, 5.74) is 0. The fourth-order valence-electron chi connectivity index (χ4n) is 0. The molecule has 0 unspecified atom stereocenters. The van der Waals surface area contributed by atoms with Gasteiger partial charge in [-0.1, -0.05) is 0 Å². The second-order valence-electron chi connectivity index (χ2n) is 0. The van der Waals surface area contributed by atoms with Crippen molar-refractivity contribution < 1.29 is 40.6 Å². The predicted octanol–water partition coefficient (Wildman–Crippen LogP) is -6.26. The average molecular weight is 71.9 g/mol. The first-order chi connectivity index (χ1) is 0. The Kier molecular flexibility index (Phi) is 158. The van der Waals surface area contributed by atoms with Crippen LogP contribution in [0, 0.1) is 0 Å². The quantitative estimate of drug-likeness (QED) is 0.250. The Hall–Kier alpha value is 2.26. The molecule has 0 fully saturated rings. The molecule has 4 heavy (non-hydrogen) atoms. The van der Waals surface area contributed by atoms with Crippen molar-refractivity contribution >= 4 is 34.7 Å². The SMILES string of the molecule is [Al+3].[Al+3].[HH].[HH].[Li+].[Li+]. The molecule has 0 aliphatic carbocycles. The minimum absolute atomic E-state index is 0. The Morgan fingerprint density at radius 3 is 0.750 bits per heavy atom. The second-order valence-corrected chi connectivity index (χ2v) is 0. The van der Waals surface area contributed by atoms with Crippen LogP contribution in [0.4, 0.5) is 0 Å². The van der Waals surface area contributed by atoms with Gasteiger partial charge in [-0.05, 0) is 0 Å². The van der Waals surface area contributed by atoms with Crippen molar-refractivity contribution in [1.82, 2.24) is 0 Å². The molecule has 0 aliphatic heterocycles. The van der Waals surface area contributed by atoms with Gasteiger partial charge in [-0.25, -0.2) is 0 Å². The molecule has 0 aromatic carbocycles. The van der Waals surface area contributed by atoms with Crippen molar-refractivity contribution in [3.05, 3.63) is 0 Å². The van der Waals surface area contributed by atoms with Crippen molar-refractivity contribution in [3.63, 3.8) is 0 Å². The number of rotatable bonds is 0. The second kappa shape index (κ2) is 18.7. The summed E-state index contributed by atoms with van der Waals surface area (Å²) in [7, 11) is 0. The largest absolute Gasteiger partial charge is 3.00 e. The fraction of sp³-hybridized carbons (Fsp3) is 0.